The number of hydrogen-bond acceptors (Lipinski definition) is 7. The van der Waals surface area contributed by atoms with Crippen LogP contribution >= 0.6 is 0 Å². The SMILES string of the molecule is CC(=O)Oc1cc(Oc2ccc(C(F)(F)F)cc2[N+](=O)[O-])ccc1[N+](=O)[O-]. The molecule has 27 heavy (non-hydrogen) atoms. The Labute approximate surface area is 148 Å². The minimum Gasteiger partial charge on any atom is -0.450 e. The molecule has 0 bridgehead atoms. The van der Waals surface area contributed by atoms with Gasteiger partial charge in [0.1, 0.15) is 5.75 Å². The van der Waals surface area contributed by atoms with Gasteiger partial charge in [-0.1, -0.05) is 0 Å². The van der Waals surface area contributed by atoms with Crippen molar-refractivity contribution in [3.8, 4) is 17.2 Å². The van der Waals surface area contributed by atoms with E-state index in [9.17, 15) is 38.2 Å². The van der Waals surface area contributed by atoms with Gasteiger partial charge in [-0.05, 0) is 18.2 Å². The highest BCUT2D eigenvalue weighted by molar-refractivity contribution is 5.71. The van der Waals surface area contributed by atoms with E-state index in [1.165, 1.54) is 0 Å². The molecule has 0 spiro atoms. The number of carbonyl (C=O) groups is 1. The normalized spacial score (nSPS) is 11.0. The summed E-state index contributed by atoms with van der Waals surface area (Å²) in [7, 11) is 0. The number of rotatable bonds is 5. The van der Waals surface area contributed by atoms with Crippen molar-refractivity contribution < 1.29 is 37.3 Å². The monoisotopic (exact) mass is 386 g/mol. The summed E-state index contributed by atoms with van der Waals surface area (Å²) in [4.78, 5) is 31.1. The standard InChI is InChI=1S/C15H9F3N2O7/c1-8(21)26-14-7-10(3-4-11(14)19(22)23)27-13-5-2-9(15(16,17)18)6-12(13)20(24)25/h2-7H,1H3. The van der Waals surface area contributed by atoms with Crippen LogP contribution < -0.4 is 9.47 Å². The van der Waals surface area contributed by atoms with Crippen molar-refractivity contribution in [3.05, 3.63) is 62.2 Å². The Bertz CT molecular complexity index is 928. The second-order valence-corrected chi connectivity index (χ2v) is 5.02. The summed E-state index contributed by atoms with van der Waals surface area (Å²) in [5, 5.41) is 22.0. The first-order valence-corrected chi connectivity index (χ1v) is 6.99. The maximum absolute atomic E-state index is 12.7. The molecule has 2 aromatic carbocycles. The predicted octanol–water partition coefficient (Wildman–Crippen LogP) is 4.24. The van der Waals surface area contributed by atoms with Gasteiger partial charge < -0.3 is 9.47 Å². The van der Waals surface area contributed by atoms with Crippen molar-refractivity contribution in [2.24, 2.45) is 0 Å². The average molecular weight is 386 g/mol. The number of esters is 1. The first kappa shape index (κ1) is 19.6. The number of nitro benzene ring substituents is 2. The molecule has 0 amide bonds. The molecule has 0 aromatic heterocycles. The minimum atomic E-state index is -4.79. The second kappa shape index (κ2) is 7.27. The summed E-state index contributed by atoms with van der Waals surface area (Å²) in [6.45, 7) is 0.998. The topological polar surface area (TPSA) is 122 Å². The number of ether oxygens (including phenoxy) is 2. The van der Waals surface area contributed by atoms with E-state index in [2.05, 4.69) is 4.74 Å². The molecule has 9 nitrogen and oxygen atoms in total. The van der Waals surface area contributed by atoms with Crippen LogP contribution in [0.4, 0.5) is 24.5 Å². The molecule has 0 saturated heterocycles. The van der Waals surface area contributed by atoms with Crippen molar-refractivity contribution in [1.29, 1.82) is 0 Å². The maximum atomic E-state index is 12.7. The first-order valence-electron chi connectivity index (χ1n) is 6.99. The summed E-state index contributed by atoms with van der Waals surface area (Å²) in [5.74, 6) is -2.11. The molecule has 12 heteroatoms. The predicted molar refractivity (Wildman–Crippen MR) is 82.6 cm³/mol. The Morgan fingerprint density at radius 3 is 2.11 bits per heavy atom. The lowest BCUT2D eigenvalue weighted by Crippen LogP contribution is -2.06. The Morgan fingerprint density at radius 1 is 0.963 bits per heavy atom. The maximum Gasteiger partial charge on any atom is 0.416 e. The van der Waals surface area contributed by atoms with Crippen LogP contribution in [-0.4, -0.2) is 15.8 Å². The van der Waals surface area contributed by atoms with Crippen LogP contribution in [-0.2, 0) is 11.0 Å². The van der Waals surface area contributed by atoms with E-state index in [0.29, 0.717) is 12.1 Å². The third-order valence-corrected chi connectivity index (χ3v) is 3.09. The fraction of sp³-hybridized carbons (Fsp3) is 0.133. The van der Waals surface area contributed by atoms with Crippen LogP contribution in [0.25, 0.3) is 0 Å². The van der Waals surface area contributed by atoms with E-state index in [0.717, 1.165) is 31.2 Å². The van der Waals surface area contributed by atoms with E-state index >= 15 is 0 Å². The molecule has 0 N–H and O–H groups in total. The zero-order chi connectivity index (χ0) is 20.4. The molecule has 0 radical (unpaired) electrons. The number of carbonyl (C=O) groups excluding carboxylic acids is 1. The van der Waals surface area contributed by atoms with Crippen LogP contribution in [0.5, 0.6) is 17.2 Å². The van der Waals surface area contributed by atoms with E-state index in [4.69, 9.17) is 4.74 Å². The zero-order valence-corrected chi connectivity index (χ0v) is 13.4. The van der Waals surface area contributed by atoms with Crippen LogP contribution in [0.2, 0.25) is 0 Å². The molecular weight excluding hydrogens is 377 g/mol. The summed E-state index contributed by atoms with van der Waals surface area (Å²) in [6, 6.07) is 4.51. The molecule has 0 aliphatic carbocycles. The summed E-state index contributed by atoms with van der Waals surface area (Å²) < 4.78 is 48.0. The lowest BCUT2D eigenvalue weighted by molar-refractivity contribution is -0.386. The van der Waals surface area contributed by atoms with E-state index < -0.39 is 50.4 Å². The summed E-state index contributed by atoms with van der Waals surface area (Å²) in [5.41, 5.74) is -2.78. The Balaban J connectivity index is 2.46. The molecule has 0 saturated carbocycles. The summed E-state index contributed by atoms with van der Waals surface area (Å²) in [6.07, 6.45) is -4.79. The van der Waals surface area contributed by atoms with Crippen molar-refractivity contribution in [2.45, 2.75) is 13.1 Å². The highest BCUT2D eigenvalue weighted by atomic mass is 19.4. The number of alkyl halides is 3. The first-order chi connectivity index (χ1) is 12.5. The molecule has 2 rings (SSSR count). The van der Waals surface area contributed by atoms with Gasteiger partial charge in [-0.25, -0.2) is 0 Å². The molecule has 0 unspecified atom stereocenters. The zero-order valence-electron chi connectivity index (χ0n) is 13.4. The van der Waals surface area contributed by atoms with Gasteiger partial charge in [0.05, 0.1) is 15.4 Å². The molecule has 0 aliphatic rings. The van der Waals surface area contributed by atoms with Crippen LogP contribution in [0.3, 0.4) is 0 Å². The van der Waals surface area contributed by atoms with Crippen molar-refractivity contribution in [1.82, 2.24) is 0 Å². The highest BCUT2D eigenvalue weighted by Gasteiger charge is 2.33. The molecule has 0 atom stereocenters. The van der Waals surface area contributed by atoms with Gasteiger partial charge in [-0.2, -0.15) is 13.2 Å². The van der Waals surface area contributed by atoms with Gasteiger partial charge in [0, 0.05) is 25.1 Å². The van der Waals surface area contributed by atoms with Gasteiger partial charge >= 0.3 is 23.5 Å². The Kier molecular flexibility index (Phi) is 5.28. The Morgan fingerprint density at radius 2 is 1.59 bits per heavy atom. The molecule has 0 aliphatic heterocycles. The fourth-order valence-electron chi connectivity index (χ4n) is 2.00. The quantitative estimate of drug-likeness (QED) is 0.326. The smallest absolute Gasteiger partial charge is 0.416 e. The van der Waals surface area contributed by atoms with E-state index in [1.807, 2.05) is 0 Å². The van der Waals surface area contributed by atoms with Crippen molar-refractivity contribution in [3.63, 3.8) is 0 Å². The van der Waals surface area contributed by atoms with Crippen molar-refractivity contribution >= 4 is 17.3 Å². The molecule has 2 aromatic rings. The van der Waals surface area contributed by atoms with Crippen LogP contribution in [0, 0.1) is 20.2 Å². The van der Waals surface area contributed by atoms with Crippen LogP contribution in [0.1, 0.15) is 12.5 Å². The van der Waals surface area contributed by atoms with Gasteiger partial charge in [0.15, 0.2) is 0 Å². The average Bonchev–Trinajstić information content (AvgIpc) is 2.53. The fourth-order valence-corrected chi connectivity index (χ4v) is 2.00. The molecule has 0 fully saturated rings. The minimum absolute atomic E-state index is 0.222. The Hall–Kier alpha value is -3.70. The van der Waals surface area contributed by atoms with Crippen molar-refractivity contribution in [2.75, 3.05) is 0 Å². The van der Waals surface area contributed by atoms with E-state index in [1.54, 1.807) is 0 Å². The van der Waals surface area contributed by atoms with Crippen LogP contribution in [0.15, 0.2) is 36.4 Å². The molecule has 142 valence electrons. The number of benzene rings is 2. The largest absolute Gasteiger partial charge is 0.450 e. The third kappa shape index (κ3) is 4.68. The highest BCUT2D eigenvalue weighted by Crippen LogP contribution is 2.39. The number of nitrogens with zero attached hydrogens (tertiary/aromatic N) is 2. The molecular formula is C15H9F3N2O7. The van der Waals surface area contributed by atoms with Gasteiger partial charge in [-0.3, -0.25) is 25.0 Å². The van der Waals surface area contributed by atoms with Gasteiger partial charge in [0.2, 0.25) is 11.5 Å². The summed E-state index contributed by atoms with van der Waals surface area (Å²) >= 11 is 0. The van der Waals surface area contributed by atoms with Gasteiger partial charge in [0.25, 0.3) is 0 Å². The second-order valence-electron chi connectivity index (χ2n) is 5.02. The number of halogens is 3. The lowest BCUT2D eigenvalue weighted by Gasteiger charge is -2.11. The lowest BCUT2D eigenvalue weighted by atomic mass is 10.2. The molecule has 0 heterocycles. The third-order valence-electron chi connectivity index (χ3n) is 3.09. The number of hydrogen-bond donors (Lipinski definition) is 0. The van der Waals surface area contributed by atoms with Gasteiger partial charge in [-0.15, -0.1) is 0 Å². The number of nitro groups is 2. The van der Waals surface area contributed by atoms with E-state index in [-0.39, 0.29) is 5.75 Å².